The van der Waals surface area contributed by atoms with Gasteiger partial charge in [0.05, 0.1) is 26.6 Å². The minimum Gasteiger partial charge on any atom is -0.493 e. The third-order valence-electron chi connectivity index (χ3n) is 2.98. The van der Waals surface area contributed by atoms with E-state index in [2.05, 4.69) is 10.3 Å². The van der Waals surface area contributed by atoms with Crippen molar-refractivity contribution in [2.75, 3.05) is 37.6 Å². The van der Waals surface area contributed by atoms with Crippen molar-refractivity contribution >= 4 is 23.4 Å². The lowest BCUT2D eigenvalue weighted by Gasteiger charge is -2.10. The summed E-state index contributed by atoms with van der Waals surface area (Å²) in [5.41, 5.74) is 0.518. The molecular weight excluding hydrogens is 328 g/mol. The van der Waals surface area contributed by atoms with Gasteiger partial charge in [0, 0.05) is 11.8 Å². The largest absolute Gasteiger partial charge is 0.493 e. The first-order valence-corrected chi connectivity index (χ1v) is 8.53. The maximum Gasteiger partial charge on any atom is 0.240 e. The van der Waals surface area contributed by atoms with E-state index in [1.54, 1.807) is 12.1 Å². The molecule has 0 spiro atoms. The van der Waals surface area contributed by atoms with Gasteiger partial charge in [-0.25, -0.2) is 0 Å². The number of pyridine rings is 1. The van der Waals surface area contributed by atoms with Crippen molar-refractivity contribution in [3.8, 4) is 17.5 Å². The number of amides is 1. The number of para-hydroxylation sites is 1. The Morgan fingerprint density at radius 3 is 2.62 bits per heavy atom. The van der Waals surface area contributed by atoms with Gasteiger partial charge >= 0.3 is 0 Å². The molecule has 1 aromatic carbocycles. The van der Waals surface area contributed by atoms with Crippen LogP contribution in [0.1, 0.15) is 0 Å². The van der Waals surface area contributed by atoms with E-state index in [9.17, 15) is 4.79 Å². The molecule has 0 fully saturated rings. The number of carbonyl (C=O) groups is 1. The first-order valence-electron chi connectivity index (χ1n) is 7.37. The molecule has 0 saturated carbocycles. The number of carbonyl (C=O) groups excluding carboxylic acids is 1. The van der Waals surface area contributed by atoms with Crippen LogP contribution in [0.25, 0.3) is 0 Å². The number of rotatable bonds is 9. The van der Waals surface area contributed by atoms with Crippen LogP contribution >= 0.6 is 11.8 Å². The van der Waals surface area contributed by atoms with Crippen LogP contribution in [0.15, 0.2) is 42.5 Å². The molecule has 2 aromatic rings. The molecule has 0 aliphatic heterocycles. The van der Waals surface area contributed by atoms with Gasteiger partial charge in [-0.3, -0.25) is 4.79 Å². The van der Waals surface area contributed by atoms with Crippen molar-refractivity contribution in [3.63, 3.8) is 0 Å². The highest BCUT2D eigenvalue weighted by molar-refractivity contribution is 7.99. The summed E-state index contributed by atoms with van der Waals surface area (Å²) in [6.45, 7) is 0.551. The zero-order valence-corrected chi connectivity index (χ0v) is 14.5. The summed E-state index contributed by atoms with van der Waals surface area (Å²) in [7, 11) is 3.02. The average Bonchev–Trinajstić information content (AvgIpc) is 2.62. The van der Waals surface area contributed by atoms with Gasteiger partial charge in [0.1, 0.15) is 11.4 Å². The number of hydrogen-bond acceptors (Lipinski definition) is 6. The quantitative estimate of drug-likeness (QED) is 0.703. The smallest absolute Gasteiger partial charge is 0.240 e. The number of thioether (sulfide) groups is 1. The molecule has 1 amide bonds. The fourth-order valence-corrected chi connectivity index (χ4v) is 2.48. The van der Waals surface area contributed by atoms with Gasteiger partial charge in [0.25, 0.3) is 0 Å². The summed E-state index contributed by atoms with van der Waals surface area (Å²) in [5.74, 6) is 2.51. The van der Waals surface area contributed by atoms with Crippen molar-refractivity contribution in [1.82, 2.24) is 4.98 Å². The topological polar surface area (TPSA) is 69.7 Å². The molecule has 0 saturated heterocycles. The van der Waals surface area contributed by atoms with Crippen molar-refractivity contribution in [3.05, 3.63) is 42.5 Å². The van der Waals surface area contributed by atoms with Crippen LogP contribution in [0.5, 0.6) is 17.5 Å². The Balaban J connectivity index is 1.71. The number of anilines is 1. The maximum absolute atomic E-state index is 12.0. The van der Waals surface area contributed by atoms with Gasteiger partial charge < -0.3 is 19.5 Å². The first kappa shape index (κ1) is 17.9. The van der Waals surface area contributed by atoms with Gasteiger partial charge in [-0.05, 0) is 18.2 Å². The van der Waals surface area contributed by atoms with E-state index in [4.69, 9.17) is 14.2 Å². The van der Waals surface area contributed by atoms with Gasteiger partial charge in [0.2, 0.25) is 17.7 Å². The summed E-state index contributed by atoms with van der Waals surface area (Å²) in [5, 5.41) is 2.78. The van der Waals surface area contributed by atoms with E-state index >= 15 is 0 Å². The van der Waals surface area contributed by atoms with E-state index in [0.717, 1.165) is 11.5 Å². The van der Waals surface area contributed by atoms with Crippen molar-refractivity contribution in [2.24, 2.45) is 0 Å². The van der Waals surface area contributed by atoms with Gasteiger partial charge in [-0.1, -0.05) is 18.2 Å². The van der Waals surface area contributed by atoms with Crippen molar-refractivity contribution in [1.29, 1.82) is 0 Å². The Labute approximate surface area is 145 Å². The summed E-state index contributed by atoms with van der Waals surface area (Å²) >= 11 is 1.50. The van der Waals surface area contributed by atoms with E-state index in [1.165, 1.54) is 26.0 Å². The highest BCUT2D eigenvalue weighted by Gasteiger charge is 2.10. The van der Waals surface area contributed by atoms with Crippen LogP contribution in [-0.2, 0) is 4.79 Å². The zero-order valence-electron chi connectivity index (χ0n) is 13.7. The molecule has 0 aliphatic carbocycles. The SMILES string of the molecule is COc1ccc(NC(=O)CSCCOc2ccccc2)c(OC)n1. The van der Waals surface area contributed by atoms with Crippen molar-refractivity contribution in [2.45, 2.75) is 0 Å². The number of ether oxygens (including phenoxy) is 3. The standard InChI is InChI=1S/C17H20N2O4S/c1-21-16-9-8-14(17(19-16)22-2)18-15(20)12-24-11-10-23-13-6-4-3-5-7-13/h3-9H,10-12H2,1-2H3,(H,18,20). The molecule has 1 aromatic heterocycles. The maximum atomic E-state index is 12.0. The highest BCUT2D eigenvalue weighted by Crippen LogP contribution is 2.24. The fraction of sp³-hybridized carbons (Fsp3) is 0.294. The molecule has 0 atom stereocenters. The van der Waals surface area contributed by atoms with Gasteiger partial charge in [-0.2, -0.15) is 4.98 Å². The number of methoxy groups -OCH3 is 2. The van der Waals surface area contributed by atoms with E-state index < -0.39 is 0 Å². The monoisotopic (exact) mass is 348 g/mol. The number of hydrogen-bond donors (Lipinski definition) is 1. The van der Waals surface area contributed by atoms with E-state index in [-0.39, 0.29) is 5.91 Å². The van der Waals surface area contributed by atoms with Crippen LogP contribution in [-0.4, -0.2) is 43.2 Å². The molecule has 0 bridgehead atoms. The Hall–Kier alpha value is -2.41. The van der Waals surface area contributed by atoms with Crippen molar-refractivity contribution < 1.29 is 19.0 Å². The highest BCUT2D eigenvalue weighted by atomic mass is 32.2. The number of benzene rings is 1. The molecule has 128 valence electrons. The number of nitrogens with zero attached hydrogens (tertiary/aromatic N) is 1. The summed E-state index contributed by atoms with van der Waals surface area (Å²) in [6.07, 6.45) is 0. The molecule has 6 nitrogen and oxygen atoms in total. The summed E-state index contributed by atoms with van der Waals surface area (Å²) in [4.78, 5) is 16.1. The minimum absolute atomic E-state index is 0.120. The first-order chi connectivity index (χ1) is 11.7. The minimum atomic E-state index is -0.120. The molecular formula is C17H20N2O4S. The Bertz CT molecular complexity index is 652. The lowest BCUT2D eigenvalue weighted by Crippen LogP contribution is -2.16. The lowest BCUT2D eigenvalue weighted by molar-refractivity contribution is -0.113. The molecule has 1 heterocycles. The predicted octanol–water partition coefficient (Wildman–Crippen LogP) is 2.85. The molecule has 2 rings (SSSR count). The molecule has 0 aliphatic rings. The molecule has 0 unspecified atom stereocenters. The second-order valence-electron chi connectivity index (χ2n) is 4.67. The Kier molecular flexibility index (Phi) is 7.22. The number of nitrogens with one attached hydrogen (secondary N) is 1. The fourth-order valence-electron chi connectivity index (χ4n) is 1.87. The van der Waals surface area contributed by atoms with Gasteiger partial charge in [-0.15, -0.1) is 11.8 Å². The molecule has 24 heavy (non-hydrogen) atoms. The van der Waals surface area contributed by atoms with E-state index in [0.29, 0.717) is 29.8 Å². The Morgan fingerprint density at radius 2 is 1.92 bits per heavy atom. The summed E-state index contributed by atoms with van der Waals surface area (Å²) < 4.78 is 15.7. The van der Waals surface area contributed by atoms with Crippen LogP contribution in [0.3, 0.4) is 0 Å². The normalized spacial score (nSPS) is 10.1. The van der Waals surface area contributed by atoms with Crippen LogP contribution < -0.4 is 19.5 Å². The second kappa shape index (κ2) is 9.67. The molecule has 0 radical (unpaired) electrons. The summed E-state index contributed by atoms with van der Waals surface area (Å²) in [6, 6.07) is 13.0. The van der Waals surface area contributed by atoms with Gasteiger partial charge in [0.15, 0.2) is 0 Å². The number of aromatic nitrogens is 1. The average molecular weight is 348 g/mol. The molecule has 1 N–H and O–H groups in total. The van der Waals surface area contributed by atoms with Crippen LogP contribution in [0.4, 0.5) is 5.69 Å². The van der Waals surface area contributed by atoms with Crippen LogP contribution in [0.2, 0.25) is 0 Å². The predicted molar refractivity (Wildman–Crippen MR) is 95.2 cm³/mol. The second-order valence-corrected chi connectivity index (χ2v) is 5.78. The third-order valence-corrected chi connectivity index (χ3v) is 3.91. The zero-order chi connectivity index (χ0) is 17.2. The third kappa shape index (κ3) is 5.66. The Morgan fingerprint density at radius 1 is 1.12 bits per heavy atom. The van der Waals surface area contributed by atoms with Crippen LogP contribution in [0, 0.1) is 0 Å². The molecule has 7 heteroatoms. The van der Waals surface area contributed by atoms with E-state index in [1.807, 2.05) is 30.3 Å². The lowest BCUT2D eigenvalue weighted by atomic mass is 10.3.